The lowest BCUT2D eigenvalue weighted by atomic mass is 10.2. The summed E-state index contributed by atoms with van der Waals surface area (Å²) in [5.41, 5.74) is 2.65. The summed E-state index contributed by atoms with van der Waals surface area (Å²) in [4.78, 5) is 20.4. The van der Waals surface area contributed by atoms with Gasteiger partial charge in [0.25, 0.3) is 0 Å². The van der Waals surface area contributed by atoms with Gasteiger partial charge in [0.15, 0.2) is 0 Å². The zero-order chi connectivity index (χ0) is 22.9. The van der Waals surface area contributed by atoms with Crippen molar-refractivity contribution in [2.45, 2.75) is 25.9 Å². The van der Waals surface area contributed by atoms with Crippen LogP contribution in [-0.2, 0) is 13.1 Å². The topological polar surface area (TPSA) is 88.4 Å². The Labute approximate surface area is 205 Å². The molecule has 1 aliphatic carbocycles. The third-order valence-corrected chi connectivity index (χ3v) is 7.06. The van der Waals surface area contributed by atoms with E-state index in [0.29, 0.717) is 42.2 Å². The lowest BCUT2D eigenvalue weighted by molar-refractivity contribution is 0.136. The van der Waals surface area contributed by atoms with Gasteiger partial charge in [0.2, 0.25) is 5.88 Å². The number of nitrogens with one attached hydrogen (secondary N) is 1. The van der Waals surface area contributed by atoms with Crippen LogP contribution in [0.15, 0.2) is 28.9 Å². The number of ether oxygens (including phenoxy) is 1. The molecule has 1 aliphatic heterocycles. The van der Waals surface area contributed by atoms with E-state index in [-0.39, 0.29) is 6.03 Å². The van der Waals surface area contributed by atoms with Crippen molar-refractivity contribution in [2.75, 3.05) is 33.2 Å². The number of fused-ring (bicyclic) bond motifs is 1. The fourth-order valence-corrected chi connectivity index (χ4v) is 4.71. The first-order valence-electron chi connectivity index (χ1n) is 11.0. The van der Waals surface area contributed by atoms with Crippen molar-refractivity contribution >= 4 is 44.6 Å². The van der Waals surface area contributed by atoms with Crippen LogP contribution in [0.4, 0.5) is 4.79 Å². The molecule has 0 spiro atoms. The molecule has 1 saturated carbocycles. The fourth-order valence-electron chi connectivity index (χ4n) is 4.03. The number of benzene rings is 1. The summed E-state index contributed by atoms with van der Waals surface area (Å²) in [6, 6.07) is 5.75. The summed E-state index contributed by atoms with van der Waals surface area (Å²) >= 11 is 9.90. The Bertz CT molecular complexity index is 1180. The molecule has 1 aromatic carbocycles. The molecule has 174 valence electrons. The zero-order valence-corrected chi connectivity index (χ0v) is 20.6. The van der Waals surface area contributed by atoms with E-state index >= 15 is 0 Å². The van der Waals surface area contributed by atoms with E-state index < -0.39 is 0 Å². The van der Waals surface area contributed by atoms with E-state index in [9.17, 15) is 4.79 Å². The van der Waals surface area contributed by atoms with Crippen molar-refractivity contribution in [1.29, 1.82) is 0 Å². The molecule has 1 saturated heterocycles. The standard InChI is InChI=1S/C22H25BrClN7O2/c1-25-22(32)30-8-6-29(7-9-30)13-15-10-16(24)11-26-21(15)33-18-5-4-17-20(19(18)23)27-28-31(17)12-14-2-3-14/h4-5,10-11,14H,2-3,6-9,12-13H2,1H3,(H,25,32). The Hall–Kier alpha value is -2.43. The summed E-state index contributed by atoms with van der Waals surface area (Å²) in [6.07, 6.45) is 4.10. The number of aromatic nitrogens is 4. The average Bonchev–Trinajstić information content (AvgIpc) is 3.55. The minimum Gasteiger partial charge on any atom is -0.437 e. The maximum absolute atomic E-state index is 11.8. The lowest BCUT2D eigenvalue weighted by Crippen LogP contribution is -2.50. The number of carbonyl (C=O) groups is 1. The minimum absolute atomic E-state index is 0.0441. The van der Waals surface area contributed by atoms with Gasteiger partial charge in [-0.2, -0.15) is 0 Å². The normalized spacial score (nSPS) is 16.9. The molecule has 0 radical (unpaired) electrons. The van der Waals surface area contributed by atoms with Gasteiger partial charge in [-0.15, -0.1) is 5.10 Å². The van der Waals surface area contributed by atoms with Crippen molar-refractivity contribution in [3.63, 3.8) is 0 Å². The van der Waals surface area contributed by atoms with E-state index in [1.807, 2.05) is 27.8 Å². The van der Waals surface area contributed by atoms with Crippen LogP contribution in [0, 0.1) is 5.92 Å². The molecule has 2 aromatic heterocycles. The highest BCUT2D eigenvalue weighted by molar-refractivity contribution is 9.10. The summed E-state index contributed by atoms with van der Waals surface area (Å²) < 4.78 is 8.95. The summed E-state index contributed by atoms with van der Waals surface area (Å²) in [7, 11) is 1.65. The first-order chi connectivity index (χ1) is 16.0. The highest BCUT2D eigenvalue weighted by Crippen LogP contribution is 2.37. The Morgan fingerprint density at radius 2 is 2.06 bits per heavy atom. The number of amides is 2. The molecule has 5 rings (SSSR count). The molecule has 0 unspecified atom stereocenters. The molecule has 1 N–H and O–H groups in total. The van der Waals surface area contributed by atoms with Crippen molar-refractivity contribution in [1.82, 2.24) is 35.1 Å². The van der Waals surface area contributed by atoms with Gasteiger partial charge in [0.05, 0.1) is 15.0 Å². The number of piperazine rings is 1. The van der Waals surface area contributed by atoms with Gasteiger partial charge in [0, 0.05) is 58.1 Å². The maximum Gasteiger partial charge on any atom is 0.317 e. The third-order valence-electron chi connectivity index (χ3n) is 6.08. The number of halogens is 2. The lowest BCUT2D eigenvalue weighted by Gasteiger charge is -2.34. The van der Waals surface area contributed by atoms with E-state index in [1.54, 1.807) is 13.2 Å². The third kappa shape index (κ3) is 4.92. The molecule has 0 bridgehead atoms. The van der Waals surface area contributed by atoms with Gasteiger partial charge >= 0.3 is 6.03 Å². The molecule has 2 fully saturated rings. The summed E-state index contributed by atoms with van der Waals surface area (Å²) in [5, 5.41) is 11.9. The Morgan fingerprint density at radius 3 is 2.79 bits per heavy atom. The number of hydrogen-bond donors (Lipinski definition) is 1. The molecule has 3 heterocycles. The van der Waals surface area contributed by atoms with E-state index in [1.165, 1.54) is 12.8 Å². The predicted octanol–water partition coefficient (Wildman–Crippen LogP) is 3.90. The Balaban J connectivity index is 1.33. The van der Waals surface area contributed by atoms with E-state index in [2.05, 4.69) is 41.4 Å². The molecule has 3 aromatic rings. The largest absolute Gasteiger partial charge is 0.437 e. The number of urea groups is 1. The van der Waals surface area contributed by atoms with Gasteiger partial charge < -0.3 is 15.0 Å². The quantitative estimate of drug-likeness (QED) is 0.516. The van der Waals surface area contributed by atoms with Gasteiger partial charge in [-0.05, 0) is 52.9 Å². The van der Waals surface area contributed by atoms with Crippen molar-refractivity contribution in [3.05, 3.63) is 39.5 Å². The number of hydrogen-bond acceptors (Lipinski definition) is 6. The second-order valence-corrected chi connectivity index (χ2v) is 9.73. The van der Waals surface area contributed by atoms with Crippen molar-refractivity contribution < 1.29 is 9.53 Å². The fraction of sp³-hybridized carbons (Fsp3) is 0.455. The van der Waals surface area contributed by atoms with Crippen LogP contribution in [0.25, 0.3) is 11.0 Å². The average molecular weight is 535 g/mol. The monoisotopic (exact) mass is 533 g/mol. The second-order valence-electron chi connectivity index (χ2n) is 8.50. The number of rotatable bonds is 6. The van der Waals surface area contributed by atoms with Gasteiger partial charge in [-0.25, -0.2) is 14.5 Å². The highest BCUT2D eigenvalue weighted by Gasteiger charge is 2.25. The highest BCUT2D eigenvalue weighted by atomic mass is 79.9. The molecule has 0 atom stereocenters. The van der Waals surface area contributed by atoms with Gasteiger partial charge in [-0.1, -0.05) is 16.8 Å². The van der Waals surface area contributed by atoms with Crippen LogP contribution in [-0.4, -0.2) is 69.0 Å². The maximum atomic E-state index is 11.8. The first kappa shape index (κ1) is 22.4. The number of pyridine rings is 1. The van der Waals surface area contributed by atoms with E-state index in [0.717, 1.165) is 40.7 Å². The Morgan fingerprint density at radius 1 is 1.27 bits per heavy atom. The smallest absolute Gasteiger partial charge is 0.317 e. The second kappa shape index (κ2) is 9.44. The van der Waals surface area contributed by atoms with Gasteiger partial charge in [-0.3, -0.25) is 4.90 Å². The molecule has 11 heteroatoms. The van der Waals surface area contributed by atoms with Crippen LogP contribution >= 0.6 is 27.5 Å². The zero-order valence-electron chi connectivity index (χ0n) is 18.3. The number of nitrogens with zero attached hydrogens (tertiary/aromatic N) is 6. The number of carbonyl (C=O) groups excluding carboxylic acids is 1. The van der Waals surface area contributed by atoms with Crippen LogP contribution < -0.4 is 10.1 Å². The molecule has 2 aliphatic rings. The van der Waals surface area contributed by atoms with Crippen molar-refractivity contribution in [3.8, 4) is 11.6 Å². The molecule has 9 nitrogen and oxygen atoms in total. The SMILES string of the molecule is CNC(=O)N1CCN(Cc2cc(Cl)cnc2Oc2ccc3c(nnn3CC3CC3)c2Br)CC1. The van der Waals surface area contributed by atoms with Crippen LogP contribution in [0.1, 0.15) is 18.4 Å². The van der Waals surface area contributed by atoms with Crippen molar-refractivity contribution in [2.24, 2.45) is 5.92 Å². The summed E-state index contributed by atoms with van der Waals surface area (Å²) in [5.74, 6) is 1.84. The van der Waals surface area contributed by atoms with Crippen LogP contribution in [0.2, 0.25) is 5.02 Å². The molecular formula is C22H25BrClN7O2. The summed E-state index contributed by atoms with van der Waals surface area (Å²) in [6.45, 7) is 4.39. The molecular weight excluding hydrogens is 510 g/mol. The van der Waals surface area contributed by atoms with Gasteiger partial charge in [0.1, 0.15) is 11.3 Å². The van der Waals surface area contributed by atoms with E-state index in [4.69, 9.17) is 16.3 Å². The first-order valence-corrected chi connectivity index (χ1v) is 12.2. The predicted molar refractivity (Wildman–Crippen MR) is 129 cm³/mol. The molecule has 2 amide bonds. The van der Waals surface area contributed by atoms with Crippen LogP contribution in [0.3, 0.4) is 0 Å². The van der Waals surface area contributed by atoms with Crippen LogP contribution in [0.5, 0.6) is 11.6 Å². The minimum atomic E-state index is -0.0441. The Kier molecular flexibility index (Phi) is 6.40. The molecule has 33 heavy (non-hydrogen) atoms.